The van der Waals surface area contributed by atoms with Gasteiger partial charge in [-0.25, -0.2) is 17.2 Å². The van der Waals surface area contributed by atoms with E-state index in [1.807, 2.05) is 4.90 Å². The Morgan fingerprint density at radius 3 is 2.41 bits per heavy atom. The maximum atomic E-state index is 13.2. The molecule has 0 aliphatic carbocycles. The van der Waals surface area contributed by atoms with Crippen molar-refractivity contribution in [3.05, 3.63) is 36.0 Å². The first-order chi connectivity index (χ1) is 10.5. The summed E-state index contributed by atoms with van der Waals surface area (Å²) in [7, 11) is -3.83. The zero-order valence-corrected chi connectivity index (χ0v) is 12.9. The summed E-state index contributed by atoms with van der Waals surface area (Å²) in [5, 5.41) is 0. The Morgan fingerprint density at radius 1 is 1.09 bits per heavy atom. The third kappa shape index (κ3) is 2.81. The van der Waals surface area contributed by atoms with Crippen LogP contribution in [0, 0.1) is 11.6 Å². The zero-order valence-electron chi connectivity index (χ0n) is 11.3. The largest absolute Gasteiger partial charge is 0.352 e. The van der Waals surface area contributed by atoms with Crippen molar-refractivity contribution >= 4 is 27.6 Å². The summed E-state index contributed by atoms with van der Waals surface area (Å²) in [6.45, 7) is 1.43. The monoisotopic (exact) mass is 346 g/mol. The molecule has 0 atom stereocenters. The summed E-state index contributed by atoms with van der Waals surface area (Å²) in [4.78, 5) is 1.69. The highest BCUT2D eigenvalue weighted by Gasteiger charge is 2.29. The molecule has 10 heteroatoms. The molecular weight excluding hydrogens is 334 g/mol. The fraction of sp³-hybridized carbons (Fsp3) is 0.333. The number of hydrogen-bond acceptors (Lipinski definition) is 6. The van der Waals surface area contributed by atoms with E-state index in [0.29, 0.717) is 19.2 Å². The molecule has 0 spiro atoms. The third-order valence-corrected chi connectivity index (χ3v) is 5.80. The Hall–Kier alpha value is -1.65. The number of halogens is 2. The van der Waals surface area contributed by atoms with E-state index in [1.165, 1.54) is 4.31 Å². The number of hydrogen-bond donors (Lipinski definition) is 0. The van der Waals surface area contributed by atoms with Crippen molar-refractivity contribution in [2.45, 2.75) is 4.90 Å². The SMILES string of the molecule is O=S(=O)(c1ccc(F)c(F)c1)N1CCN(c2cnsn2)CC1. The van der Waals surface area contributed by atoms with E-state index in [9.17, 15) is 17.2 Å². The van der Waals surface area contributed by atoms with Crippen LogP contribution in [0.15, 0.2) is 29.3 Å². The number of anilines is 1. The van der Waals surface area contributed by atoms with Gasteiger partial charge in [-0.05, 0) is 18.2 Å². The van der Waals surface area contributed by atoms with Gasteiger partial charge < -0.3 is 4.90 Å². The van der Waals surface area contributed by atoms with Crippen molar-refractivity contribution in [3.63, 3.8) is 0 Å². The van der Waals surface area contributed by atoms with Crippen LogP contribution < -0.4 is 4.90 Å². The third-order valence-electron chi connectivity index (χ3n) is 3.44. The van der Waals surface area contributed by atoms with Crippen LogP contribution in [0.1, 0.15) is 0 Å². The molecule has 2 aromatic rings. The summed E-state index contributed by atoms with van der Waals surface area (Å²) in [5.74, 6) is -1.53. The minimum absolute atomic E-state index is 0.241. The minimum atomic E-state index is -3.83. The van der Waals surface area contributed by atoms with Gasteiger partial charge in [0.25, 0.3) is 0 Å². The van der Waals surface area contributed by atoms with Gasteiger partial charge in [0.15, 0.2) is 17.5 Å². The van der Waals surface area contributed by atoms with E-state index in [2.05, 4.69) is 8.75 Å². The highest BCUT2D eigenvalue weighted by molar-refractivity contribution is 7.89. The highest BCUT2D eigenvalue weighted by atomic mass is 32.2. The smallest absolute Gasteiger partial charge is 0.243 e. The molecule has 0 bridgehead atoms. The van der Waals surface area contributed by atoms with Crippen LogP contribution in [0.25, 0.3) is 0 Å². The number of nitrogens with zero attached hydrogens (tertiary/aromatic N) is 4. The van der Waals surface area contributed by atoms with E-state index >= 15 is 0 Å². The topological polar surface area (TPSA) is 66.4 Å². The van der Waals surface area contributed by atoms with E-state index in [-0.39, 0.29) is 18.0 Å². The van der Waals surface area contributed by atoms with Gasteiger partial charge in [0.1, 0.15) is 0 Å². The van der Waals surface area contributed by atoms with E-state index in [4.69, 9.17) is 0 Å². The lowest BCUT2D eigenvalue weighted by molar-refractivity contribution is 0.383. The van der Waals surface area contributed by atoms with Crippen LogP contribution in [0.3, 0.4) is 0 Å². The molecule has 118 valence electrons. The highest BCUT2D eigenvalue weighted by Crippen LogP contribution is 2.21. The summed E-state index contributed by atoms with van der Waals surface area (Å²) in [6.07, 6.45) is 1.63. The molecule has 1 saturated heterocycles. The number of sulfonamides is 1. The average Bonchev–Trinajstić information content (AvgIpc) is 3.04. The van der Waals surface area contributed by atoms with Crippen LogP contribution in [-0.4, -0.2) is 47.6 Å². The van der Waals surface area contributed by atoms with E-state index < -0.39 is 21.7 Å². The first-order valence-corrected chi connectivity index (χ1v) is 8.63. The second-order valence-electron chi connectivity index (χ2n) is 4.73. The maximum Gasteiger partial charge on any atom is 0.243 e. The molecule has 22 heavy (non-hydrogen) atoms. The van der Waals surface area contributed by atoms with Gasteiger partial charge in [0.05, 0.1) is 22.8 Å². The molecule has 1 aliphatic heterocycles. The maximum absolute atomic E-state index is 13.2. The molecule has 6 nitrogen and oxygen atoms in total. The van der Waals surface area contributed by atoms with E-state index in [0.717, 1.165) is 29.7 Å². The molecule has 1 aliphatic rings. The number of rotatable bonds is 3. The van der Waals surface area contributed by atoms with Crippen molar-refractivity contribution in [2.24, 2.45) is 0 Å². The van der Waals surface area contributed by atoms with Gasteiger partial charge in [-0.2, -0.15) is 13.1 Å². The zero-order chi connectivity index (χ0) is 15.7. The number of piperazine rings is 1. The van der Waals surface area contributed by atoms with Crippen molar-refractivity contribution in [1.82, 2.24) is 13.1 Å². The normalized spacial score (nSPS) is 16.9. The molecule has 0 N–H and O–H groups in total. The quantitative estimate of drug-likeness (QED) is 0.839. The summed E-state index contributed by atoms with van der Waals surface area (Å²) < 4.78 is 60.3. The summed E-state index contributed by atoms with van der Waals surface area (Å²) in [5.41, 5.74) is 0. The van der Waals surface area contributed by atoms with Crippen LogP contribution in [0.4, 0.5) is 14.6 Å². The van der Waals surface area contributed by atoms with Crippen LogP contribution in [0.2, 0.25) is 0 Å². The Morgan fingerprint density at radius 2 is 1.82 bits per heavy atom. The summed E-state index contributed by atoms with van der Waals surface area (Å²) in [6, 6.07) is 2.60. The second kappa shape index (κ2) is 5.86. The molecule has 1 aromatic carbocycles. The van der Waals surface area contributed by atoms with Gasteiger partial charge in [0, 0.05) is 26.2 Å². The predicted octanol–water partition coefficient (Wildman–Crippen LogP) is 1.33. The Bertz CT molecular complexity index is 759. The molecule has 2 heterocycles. The lowest BCUT2D eigenvalue weighted by Gasteiger charge is -2.33. The molecule has 3 rings (SSSR count). The van der Waals surface area contributed by atoms with Gasteiger partial charge in [-0.15, -0.1) is 0 Å². The van der Waals surface area contributed by atoms with E-state index in [1.54, 1.807) is 6.20 Å². The Labute approximate surface area is 130 Å². The van der Waals surface area contributed by atoms with Crippen molar-refractivity contribution in [3.8, 4) is 0 Å². The van der Waals surface area contributed by atoms with Crippen LogP contribution in [-0.2, 0) is 10.0 Å². The predicted molar refractivity (Wildman–Crippen MR) is 77.2 cm³/mol. The molecule has 0 radical (unpaired) electrons. The molecule has 1 fully saturated rings. The molecule has 0 amide bonds. The Kier molecular flexibility index (Phi) is 4.06. The fourth-order valence-electron chi connectivity index (χ4n) is 2.24. The second-order valence-corrected chi connectivity index (χ2v) is 7.23. The average molecular weight is 346 g/mol. The molecule has 1 aromatic heterocycles. The standard InChI is InChI=1S/C12H12F2N4O2S2/c13-10-2-1-9(7-11(10)14)22(19,20)18-5-3-17(4-6-18)12-8-15-21-16-12/h1-2,7-8H,3-6H2. The van der Waals surface area contributed by atoms with Crippen molar-refractivity contribution in [2.75, 3.05) is 31.1 Å². The Balaban J connectivity index is 1.75. The van der Waals surface area contributed by atoms with Crippen molar-refractivity contribution < 1.29 is 17.2 Å². The molecule has 0 saturated carbocycles. The van der Waals surface area contributed by atoms with Crippen molar-refractivity contribution in [1.29, 1.82) is 0 Å². The first kappa shape index (κ1) is 15.3. The van der Waals surface area contributed by atoms with Crippen LogP contribution >= 0.6 is 11.7 Å². The van der Waals surface area contributed by atoms with Gasteiger partial charge in [-0.3, -0.25) is 0 Å². The fourth-order valence-corrected chi connectivity index (χ4v) is 4.11. The number of benzene rings is 1. The van der Waals surface area contributed by atoms with Gasteiger partial charge >= 0.3 is 0 Å². The molecular formula is C12H12F2N4O2S2. The van der Waals surface area contributed by atoms with Crippen LogP contribution in [0.5, 0.6) is 0 Å². The lowest BCUT2D eigenvalue weighted by atomic mass is 10.3. The van der Waals surface area contributed by atoms with Gasteiger partial charge in [-0.1, -0.05) is 0 Å². The number of aromatic nitrogens is 2. The first-order valence-electron chi connectivity index (χ1n) is 6.46. The molecule has 0 unspecified atom stereocenters. The minimum Gasteiger partial charge on any atom is -0.352 e. The lowest BCUT2D eigenvalue weighted by Crippen LogP contribution is -2.48. The van der Waals surface area contributed by atoms with Gasteiger partial charge in [0.2, 0.25) is 10.0 Å². The summed E-state index contributed by atoms with van der Waals surface area (Å²) >= 11 is 1.09.